The van der Waals surface area contributed by atoms with Crippen molar-refractivity contribution in [3.63, 3.8) is 0 Å². The first-order valence-corrected chi connectivity index (χ1v) is 8.38. The Kier molecular flexibility index (Phi) is 5.86. The maximum absolute atomic E-state index is 6.16. The molecule has 21 heavy (non-hydrogen) atoms. The summed E-state index contributed by atoms with van der Waals surface area (Å²) in [6, 6.07) is 15.0. The average molecular weight is 367 g/mol. The van der Waals surface area contributed by atoms with Gasteiger partial charge in [0.25, 0.3) is 0 Å². The molecule has 0 fully saturated rings. The van der Waals surface area contributed by atoms with Crippen LogP contribution in [0.15, 0.2) is 46.9 Å². The first-order valence-electron chi connectivity index (χ1n) is 7.21. The largest absolute Gasteiger partial charge is 0.309 e. The van der Waals surface area contributed by atoms with Crippen LogP contribution in [0.5, 0.6) is 0 Å². The van der Waals surface area contributed by atoms with Gasteiger partial charge in [-0.3, -0.25) is 0 Å². The van der Waals surface area contributed by atoms with Gasteiger partial charge in [-0.15, -0.1) is 0 Å². The van der Waals surface area contributed by atoms with Gasteiger partial charge in [-0.25, -0.2) is 0 Å². The van der Waals surface area contributed by atoms with Crippen molar-refractivity contribution < 1.29 is 0 Å². The van der Waals surface area contributed by atoms with Crippen molar-refractivity contribution in [2.75, 3.05) is 7.05 Å². The molecule has 0 saturated heterocycles. The molecule has 1 nitrogen and oxygen atoms in total. The summed E-state index contributed by atoms with van der Waals surface area (Å²) >= 11 is 9.67. The zero-order valence-corrected chi connectivity index (χ0v) is 15.0. The van der Waals surface area contributed by atoms with Crippen LogP contribution in [0.4, 0.5) is 0 Å². The summed E-state index contributed by atoms with van der Waals surface area (Å²) in [4.78, 5) is 0. The van der Waals surface area contributed by atoms with E-state index in [4.69, 9.17) is 11.6 Å². The SMILES string of the molecule is CNC(c1ccc(CC(C)C)cc1)c1cc(Cl)cc(Br)c1. The molecule has 0 aromatic heterocycles. The van der Waals surface area contributed by atoms with Crippen LogP contribution in [0.2, 0.25) is 5.02 Å². The van der Waals surface area contributed by atoms with Crippen LogP contribution in [-0.2, 0) is 6.42 Å². The molecule has 1 unspecified atom stereocenters. The number of halogens is 2. The van der Waals surface area contributed by atoms with E-state index in [0.29, 0.717) is 5.92 Å². The van der Waals surface area contributed by atoms with Gasteiger partial charge in [-0.05, 0) is 54.3 Å². The van der Waals surface area contributed by atoms with Gasteiger partial charge in [-0.2, -0.15) is 0 Å². The van der Waals surface area contributed by atoms with Crippen LogP contribution in [0.25, 0.3) is 0 Å². The fourth-order valence-electron chi connectivity index (χ4n) is 2.59. The van der Waals surface area contributed by atoms with Crippen molar-refractivity contribution in [3.05, 3.63) is 68.7 Å². The third-order valence-electron chi connectivity index (χ3n) is 3.46. The van der Waals surface area contributed by atoms with Crippen LogP contribution < -0.4 is 5.32 Å². The topological polar surface area (TPSA) is 12.0 Å². The lowest BCUT2D eigenvalue weighted by molar-refractivity contribution is 0.645. The number of hydrogen-bond donors (Lipinski definition) is 1. The zero-order chi connectivity index (χ0) is 15.4. The molecule has 112 valence electrons. The molecule has 0 spiro atoms. The first kappa shape index (κ1) is 16.5. The molecular weight excluding hydrogens is 346 g/mol. The lowest BCUT2D eigenvalue weighted by atomic mass is 9.96. The van der Waals surface area contributed by atoms with Crippen LogP contribution in [-0.4, -0.2) is 7.05 Å². The van der Waals surface area contributed by atoms with Gasteiger partial charge in [0.05, 0.1) is 6.04 Å². The first-order chi connectivity index (χ1) is 9.99. The monoisotopic (exact) mass is 365 g/mol. The zero-order valence-electron chi connectivity index (χ0n) is 12.7. The van der Waals surface area contributed by atoms with Gasteiger partial charge in [0, 0.05) is 9.50 Å². The van der Waals surface area contributed by atoms with E-state index >= 15 is 0 Å². The third-order valence-corrected chi connectivity index (χ3v) is 4.14. The Morgan fingerprint density at radius 2 is 1.71 bits per heavy atom. The van der Waals surface area contributed by atoms with E-state index < -0.39 is 0 Å². The number of benzene rings is 2. The Balaban J connectivity index is 2.28. The van der Waals surface area contributed by atoms with Gasteiger partial charge in [0.15, 0.2) is 0 Å². The van der Waals surface area contributed by atoms with E-state index in [1.54, 1.807) is 0 Å². The summed E-state index contributed by atoms with van der Waals surface area (Å²) in [5.74, 6) is 0.680. The van der Waals surface area contributed by atoms with Crippen LogP contribution in [0.1, 0.15) is 36.6 Å². The van der Waals surface area contributed by atoms with Crippen molar-refractivity contribution in [2.45, 2.75) is 26.3 Å². The third kappa shape index (κ3) is 4.57. The minimum absolute atomic E-state index is 0.146. The minimum Gasteiger partial charge on any atom is -0.309 e. The predicted octanol–water partition coefficient (Wildman–Crippen LogP) is 5.61. The normalized spacial score (nSPS) is 12.7. The smallest absolute Gasteiger partial charge is 0.0575 e. The molecule has 1 N–H and O–H groups in total. The lowest BCUT2D eigenvalue weighted by Gasteiger charge is -2.18. The van der Waals surface area contributed by atoms with Gasteiger partial charge in [0.1, 0.15) is 0 Å². The summed E-state index contributed by atoms with van der Waals surface area (Å²) in [7, 11) is 1.97. The molecule has 2 aromatic carbocycles. The highest BCUT2D eigenvalue weighted by molar-refractivity contribution is 9.10. The van der Waals surface area contributed by atoms with Crippen LogP contribution in [0, 0.1) is 5.92 Å². The molecule has 2 rings (SSSR count). The molecule has 0 bridgehead atoms. The number of hydrogen-bond acceptors (Lipinski definition) is 1. The molecule has 0 heterocycles. The number of nitrogens with one attached hydrogen (secondary N) is 1. The summed E-state index contributed by atoms with van der Waals surface area (Å²) < 4.78 is 1.00. The highest BCUT2D eigenvalue weighted by Crippen LogP contribution is 2.28. The molecule has 0 amide bonds. The van der Waals surface area contributed by atoms with Crippen molar-refractivity contribution in [2.24, 2.45) is 5.92 Å². The predicted molar refractivity (Wildman–Crippen MR) is 95.0 cm³/mol. The standard InChI is InChI=1S/C18H21BrClN/c1-12(2)8-13-4-6-14(7-5-13)18(21-3)15-9-16(19)11-17(20)10-15/h4-7,9-12,18,21H,8H2,1-3H3. The van der Waals surface area contributed by atoms with E-state index in [1.165, 1.54) is 11.1 Å². The molecule has 0 aliphatic heterocycles. The van der Waals surface area contributed by atoms with Gasteiger partial charge in [0.2, 0.25) is 0 Å². The average Bonchev–Trinajstić information content (AvgIpc) is 2.40. The molecule has 0 aliphatic carbocycles. The summed E-state index contributed by atoms with van der Waals surface area (Å²) in [5.41, 5.74) is 3.79. The fraction of sp³-hybridized carbons (Fsp3) is 0.333. The van der Waals surface area contributed by atoms with E-state index in [-0.39, 0.29) is 6.04 Å². The molecule has 0 aliphatic rings. The van der Waals surface area contributed by atoms with E-state index in [9.17, 15) is 0 Å². The van der Waals surface area contributed by atoms with Crippen molar-refractivity contribution in [1.29, 1.82) is 0 Å². The molecule has 0 radical (unpaired) electrons. The lowest BCUT2D eigenvalue weighted by Crippen LogP contribution is -2.17. The van der Waals surface area contributed by atoms with Crippen LogP contribution in [0.3, 0.4) is 0 Å². The highest BCUT2D eigenvalue weighted by Gasteiger charge is 2.13. The Labute approximate surface area is 140 Å². The Hall–Kier alpha value is -0.830. The van der Waals surface area contributed by atoms with Gasteiger partial charge >= 0.3 is 0 Å². The number of rotatable bonds is 5. The Morgan fingerprint density at radius 3 is 2.24 bits per heavy atom. The highest BCUT2D eigenvalue weighted by atomic mass is 79.9. The summed E-state index contributed by atoms with van der Waals surface area (Å²) in [5, 5.41) is 4.12. The maximum atomic E-state index is 6.16. The molecule has 3 heteroatoms. The Morgan fingerprint density at radius 1 is 1.05 bits per heavy atom. The summed E-state index contributed by atoms with van der Waals surface area (Å²) in [6.07, 6.45) is 1.12. The Bertz CT molecular complexity index is 572. The second kappa shape index (κ2) is 7.44. The van der Waals surface area contributed by atoms with Crippen molar-refractivity contribution in [3.8, 4) is 0 Å². The van der Waals surface area contributed by atoms with Gasteiger partial charge in [-0.1, -0.05) is 65.6 Å². The van der Waals surface area contributed by atoms with Crippen molar-refractivity contribution in [1.82, 2.24) is 5.32 Å². The molecule has 1 atom stereocenters. The quantitative estimate of drug-likeness (QED) is 0.725. The maximum Gasteiger partial charge on any atom is 0.0575 e. The molecular formula is C18H21BrClN. The molecule has 2 aromatic rings. The minimum atomic E-state index is 0.146. The molecule has 0 saturated carbocycles. The van der Waals surface area contributed by atoms with E-state index in [2.05, 4.69) is 65.4 Å². The van der Waals surface area contributed by atoms with Gasteiger partial charge < -0.3 is 5.32 Å². The van der Waals surface area contributed by atoms with E-state index in [1.807, 2.05) is 19.2 Å². The van der Waals surface area contributed by atoms with Crippen molar-refractivity contribution >= 4 is 27.5 Å². The second-order valence-electron chi connectivity index (χ2n) is 5.76. The second-order valence-corrected chi connectivity index (χ2v) is 7.12. The summed E-state index contributed by atoms with van der Waals surface area (Å²) in [6.45, 7) is 4.49. The van der Waals surface area contributed by atoms with E-state index in [0.717, 1.165) is 21.5 Å². The van der Waals surface area contributed by atoms with Crippen LogP contribution >= 0.6 is 27.5 Å². The fourth-order valence-corrected chi connectivity index (χ4v) is 3.47.